The molecule has 0 unspecified atom stereocenters. The van der Waals surface area contributed by atoms with Gasteiger partial charge in [-0.3, -0.25) is 9.69 Å². The fourth-order valence-corrected chi connectivity index (χ4v) is 4.10. The summed E-state index contributed by atoms with van der Waals surface area (Å²) < 4.78 is 13.2. The van der Waals surface area contributed by atoms with E-state index in [1.54, 1.807) is 0 Å². The third kappa shape index (κ3) is 4.64. The van der Waals surface area contributed by atoms with E-state index >= 15 is 0 Å². The number of thiazole rings is 1. The van der Waals surface area contributed by atoms with Gasteiger partial charge < -0.3 is 5.32 Å². The number of amides is 1. The second-order valence-corrected chi connectivity index (χ2v) is 7.34. The summed E-state index contributed by atoms with van der Waals surface area (Å²) in [6.45, 7) is 4.63. The molecule has 0 radical (unpaired) electrons. The van der Waals surface area contributed by atoms with Crippen LogP contribution >= 0.6 is 11.3 Å². The lowest BCUT2D eigenvalue weighted by molar-refractivity contribution is 0.0933. The molecule has 134 valence electrons. The first kappa shape index (κ1) is 18.0. The molecule has 1 N–H and O–H groups in total. The van der Waals surface area contributed by atoms with Crippen molar-refractivity contribution in [2.45, 2.75) is 38.6 Å². The Labute approximate surface area is 152 Å². The smallest absolute Gasteiger partial charge is 0.270 e. The van der Waals surface area contributed by atoms with E-state index in [0.29, 0.717) is 12.2 Å². The highest BCUT2D eigenvalue weighted by atomic mass is 32.1. The number of aromatic nitrogens is 1. The van der Waals surface area contributed by atoms with Gasteiger partial charge in [-0.25, -0.2) is 9.37 Å². The van der Waals surface area contributed by atoms with Crippen molar-refractivity contribution in [3.8, 4) is 0 Å². The van der Waals surface area contributed by atoms with Crippen molar-refractivity contribution in [3.05, 3.63) is 51.7 Å². The summed E-state index contributed by atoms with van der Waals surface area (Å²) in [6.07, 6.45) is 4.26. The first-order chi connectivity index (χ1) is 12.2. The van der Waals surface area contributed by atoms with Gasteiger partial charge >= 0.3 is 0 Å². The number of benzene rings is 1. The zero-order valence-corrected chi connectivity index (χ0v) is 15.3. The van der Waals surface area contributed by atoms with Crippen LogP contribution in [0.25, 0.3) is 0 Å². The maximum Gasteiger partial charge on any atom is 0.270 e. The van der Waals surface area contributed by atoms with E-state index < -0.39 is 0 Å². The lowest BCUT2D eigenvalue weighted by Crippen LogP contribution is -2.37. The van der Waals surface area contributed by atoms with Crippen molar-refractivity contribution >= 4 is 17.2 Å². The Bertz CT molecular complexity index is 695. The third-order valence-electron chi connectivity index (χ3n) is 4.54. The summed E-state index contributed by atoms with van der Waals surface area (Å²) in [4.78, 5) is 19.2. The molecule has 1 saturated heterocycles. The van der Waals surface area contributed by atoms with Crippen LogP contribution in [0.3, 0.4) is 0 Å². The van der Waals surface area contributed by atoms with Gasteiger partial charge in [0.15, 0.2) is 0 Å². The molecule has 4 nitrogen and oxygen atoms in total. The van der Waals surface area contributed by atoms with Crippen LogP contribution in [0.5, 0.6) is 0 Å². The number of hydrogen-bond donors (Lipinski definition) is 1. The fraction of sp³-hybridized carbons (Fsp3) is 0.474. The van der Waals surface area contributed by atoms with E-state index in [1.807, 2.05) is 17.5 Å². The first-order valence-corrected chi connectivity index (χ1v) is 9.77. The number of carbonyl (C=O) groups is 1. The second kappa shape index (κ2) is 8.54. The van der Waals surface area contributed by atoms with Crippen molar-refractivity contribution in [1.29, 1.82) is 0 Å². The topological polar surface area (TPSA) is 45.2 Å². The van der Waals surface area contributed by atoms with Crippen LogP contribution in [-0.4, -0.2) is 35.4 Å². The monoisotopic (exact) mass is 361 g/mol. The van der Waals surface area contributed by atoms with E-state index in [-0.39, 0.29) is 17.8 Å². The second-order valence-electron chi connectivity index (χ2n) is 6.40. The van der Waals surface area contributed by atoms with Gasteiger partial charge in [0.2, 0.25) is 0 Å². The Morgan fingerprint density at radius 2 is 2.04 bits per heavy atom. The van der Waals surface area contributed by atoms with E-state index in [2.05, 4.69) is 22.1 Å². The van der Waals surface area contributed by atoms with Crippen LogP contribution in [0.4, 0.5) is 4.39 Å². The standard InChI is InChI=1S/C19H24FN3OS/c1-2-5-18-22-16(13-25-18)19(24)21-12-17(23-10-3-4-11-23)14-6-8-15(20)9-7-14/h6-9,13,17H,2-5,10-12H2,1H3,(H,21,24)/t17-/m0/s1. The van der Waals surface area contributed by atoms with E-state index in [4.69, 9.17) is 0 Å². The molecule has 1 atom stereocenters. The lowest BCUT2D eigenvalue weighted by atomic mass is 10.1. The number of nitrogens with one attached hydrogen (secondary N) is 1. The van der Waals surface area contributed by atoms with Crippen molar-refractivity contribution in [1.82, 2.24) is 15.2 Å². The highest BCUT2D eigenvalue weighted by Gasteiger charge is 2.24. The largest absolute Gasteiger partial charge is 0.349 e. The summed E-state index contributed by atoms with van der Waals surface area (Å²) in [5.74, 6) is -0.371. The Hall–Kier alpha value is -1.79. The molecule has 1 aliphatic rings. The summed E-state index contributed by atoms with van der Waals surface area (Å²) >= 11 is 1.54. The lowest BCUT2D eigenvalue weighted by Gasteiger charge is -2.28. The minimum Gasteiger partial charge on any atom is -0.349 e. The summed E-state index contributed by atoms with van der Waals surface area (Å²) in [7, 11) is 0. The van der Waals surface area contributed by atoms with Crippen LogP contribution in [-0.2, 0) is 6.42 Å². The van der Waals surface area contributed by atoms with Crippen molar-refractivity contribution in [2.24, 2.45) is 0 Å². The third-order valence-corrected chi connectivity index (χ3v) is 5.45. The Morgan fingerprint density at radius 3 is 2.72 bits per heavy atom. The predicted molar refractivity (Wildman–Crippen MR) is 98.4 cm³/mol. The average molecular weight is 361 g/mol. The molecular formula is C19H24FN3OS. The summed E-state index contributed by atoms with van der Waals surface area (Å²) in [5, 5.41) is 5.84. The van der Waals surface area contributed by atoms with Gasteiger partial charge in [-0.1, -0.05) is 19.1 Å². The van der Waals surface area contributed by atoms with Crippen LogP contribution in [0.2, 0.25) is 0 Å². The van der Waals surface area contributed by atoms with Crippen LogP contribution in [0.1, 0.15) is 53.3 Å². The molecule has 1 amide bonds. The van der Waals surface area contributed by atoms with Gasteiger partial charge in [0, 0.05) is 11.9 Å². The van der Waals surface area contributed by atoms with Gasteiger partial charge in [0.05, 0.1) is 11.0 Å². The molecule has 0 bridgehead atoms. The molecule has 1 aromatic heterocycles. The number of hydrogen-bond acceptors (Lipinski definition) is 4. The molecule has 3 rings (SSSR count). The van der Waals surface area contributed by atoms with Crippen LogP contribution in [0, 0.1) is 5.82 Å². The zero-order valence-electron chi connectivity index (χ0n) is 14.5. The molecular weight excluding hydrogens is 337 g/mol. The highest BCUT2D eigenvalue weighted by molar-refractivity contribution is 7.09. The number of halogens is 1. The summed E-state index contributed by atoms with van der Waals surface area (Å²) in [6, 6.07) is 6.66. The normalized spacial score (nSPS) is 16.1. The maximum absolute atomic E-state index is 13.2. The van der Waals surface area contributed by atoms with E-state index in [1.165, 1.54) is 23.5 Å². The van der Waals surface area contributed by atoms with Gasteiger partial charge in [-0.2, -0.15) is 0 Å². The zero-order chi connectivity index (χ0) is 17.6. The molecule has 6 heteroatoms. The molecule has 1 aromatic carbocycles. The van der Waals surface area contributed by atoms with Crippen molar-refractivity contribution in [2.75, 3.05) is 19.6 Å². The number of carbonyl (C=O) groups excluding carboxylic acids is 1. The number of nitrogens with zero attached hydrogens (tertiary/aromatic N) is 2. The molecule has 0 aliphatic carbocycles. The highest BCUT2D eigenvalue weighted by Crippen LogP contribution is 2.25. The molecule has 0 spiro atoms. The SMILES string of the molecule is CCCc1nc(C(=O)NC[C@@H](c2ccc(F)cc2)N2CCCC2)cs1. The van der Waals surface area contributed by atoms with E-state index in [9.17, 15) is 9.18 Å². The molecule has 2 aromatic rings. The quantitative estimate of drug-likeness (QED) is 0.816. The molecule has 1 aliphatic heterocycles. The first-order valence-electron chi connectivity index (χ1n) is 8.89. The Kier molecular flexibility index (Phi) is 6.15. The summed E-state index contributed by atoms with van der Waals surface area (Å²) in [5.41, 5.74) is 1.53. The number of likely N-dealkylation sites (tertiary alicyclic amines) is 1. The minimum absolute atomic E-state index is 0.0702. The van der Waals surface area contributed by atoms with Crippen molar-refractivity contribution < 1.29 is 9.18 Å². The number of aryl methyl sites for hydroxylation is 1. The molecule has 2 heterocycles. The Balaban J connectivity index is 1.67. The predicted octanol–water partition coefficient (Wildman–Crippen LogP) is 3.80. The Morgan fingerprint density at radius 1 is 1.32 bits per heavy atom. The maximum atomic E-state index is 13.2. The van der Waals surface area contributed by atoms with Crippen LogP contribution < -0.4 is 5.32 Å². The van der Waals surface area contributed by atoms with Crippen molar-refractivity contribution in [3.63, 3.8) is 0 Å². The molecule has 0 saturated carbocycles. The van der Waals surface area contributed by atoms with Gasteiger partial charge in [0.1, 0.15) is 11.5 Å². The van der Waals surface area contributed by atoms with E-state index in [0.717, 1.165) is 49.3 Å². The fourth-order valence-electron chi connectivity index (χ4n) is 3.22. The molecule has 25 heavy (non-hydrogen) atoms. The molecule has 1 fully saturated rings. The van der Waals surface area contributed by atoms with Gasteiger partial charge in [0.25, 0.3) is 5.91 Å². The van der Waals surface area contributed by atoms with Gasteiger partial charge in [-0.05, 0) is 56.5 Å². The average Bonchev–Trinajstić information content (AvgIpc) is 3.29. The van der Waals surface area contributed by atoms with Gasteiger partial charge in [-0.15, -0.1) is 11.3 Å². The number of rotatable bonds is 7. The van der Waals surface area contributed by atoms with Crippen LogP contribution in [0.15, 0.2) is 29.6 Å². The minimum atomic E-state index is -0.237.